The van der Waals surface area contributed by atoms with E-state index in [0.717, 1.165) is 12.8 Å². The summed E-state index contributed by atoms with van der Waals surface area (Å²) in [6.07, 6.45) is 2.20. The maximum Gasteiger partial charge on any atom is 0.319 e. The quantitative estimate of drug-likeness (QED) is 0.908. The molecule has 20 heavy (non-hydrogen) atoms. The molecular formula is C13H13ClN4O2. The van der Waals surface area contributed by atoms with E-state index in [9.17, 15) is 4.79 Å². The zero-order chi connectivity index (χ0) is 13.9. The summed E-state index contributed by atoms with van der Waals surface area (Å²) in [5.41, 5.74) is 0.552. The summed E-state index contributed by atoms with van der Waals surface area (Å²) in [5.74, 6) is 1.47. The number of rotatable bonds is 4. The number of nitrogens with one attached hydrogen (secondary N) is 2. The third-order valence-electron chi connectivity index (χ3n) is 2.93. The molecule has 3 rings (SSSR count). The van der Waals surface area contributed by atoms with Crippen molar-refractivity contribution in [2.75, 3.05) is 5.32 Å². The number of hydrogen-bond acceptors (Lipinski definition) is 4. The second-order valence-electron chi connectivity index (χ2n) is 4.60. The molecule has 0 spiro atoms. The van der Waals surface area contributed by atoms with Crippen molar-refractivity contribution in [3.63, 3.8) is 0 Å². The van der Waals surface area contributed by atoms with Gasteiger partial charge >= 0.3 is 6.03 Å². The number of urea groups is 1. The van der Waals surface area contributed by atoms with Crippen LogP contribution in [0, 0.1) is 0 Å². The highest BCUT2D eigenvalue weighted by atomic mass is 35.5. The molecule has 1 aliphatic carbocycles. The first-order valence-electron chi connectivity index (χ1n) is 6.34. The zero-order valence-corrected chi connectivity index (χ0v) is 11.4. The lowest BCUT2D eigenvalue weighted by atomic mass is 10.3. The lowest BCUT2D eigenvalue weighted by Crippen LogP contribution is -2.28. The van der Waals surface area contributed by atoms with Gasteiger partial charge in [-0.05, 0) is 25.0 Å². The summed E-state index contributed by atoms with van der Waals surface area (Å²) in [4.78, 5) is 11.7. The van der Waals surface area contributed by atoms with E-state index < -0.39 is 0 Å². The average molecular weight is 293 g/mol. The Bertz CT molecular complexity index is 624. The van der Waals surface area contributed by atoms with Crippen LogP contribution in [0.15, 0.2) is 28.7 Å². The minimum absolute atomic E-state index is 0.190. The maximum atomic E-state index is 11.7. The predicted molar refractivity (Wildman–Crippen MR) is 73.6 cm³/mol. The molecule has 1 heterocycles. The molecule has 6 nitrogen and oxygen atoms in total. The predicted octanol–water partition coefficient (Wildman–Crippen LogP) is 2.92. The molecule has 0 radical (unpaired) electrons. The van der Waals surface area contributed by atoms with Crippen molar-refractivity contribution in [1.82, 2.24) is 15.5 Å². The standard InChI is InChI=1S/C13H13ClN4O2/c14-9-3-1-2-4-10(9)16-13(19)15-7-11-17-18-12(20-11)8-5-6-8/h1-4,8H,5-7H2,(H2,15,16,19). The maximum absolute atomic E-state index is 11.7. The topological polar surface area (TPSA) is 80.1 Å². The van der Waals surface area contributed by atoms with Crippen LogP contribution < -0.4 is 10.6 Å². The molecule has 1 aromatic carbocycles. The first kappa shape index (κ1) is 12.9. The molecule has 0 unspecified atom stereocenters. The van der Waals surface area contributed by atoms with Gasteiger partial charge in [0.15, 0.2) is 0 Å². The molecule has 2 aromatic rings. The van der Waals surface area contributed by atoms with Gasteiger partial charge in [0, 0.05) is 5.92 Å². The lowest BCUT2D eigenvalue weighted by Gasteiger charge is -2.07. The van der Waals surface area contributed by atoms with Crippen LogP contribution in [0.1, 0.15) is 30.5 Å². The molecule has 1 aliphatic rings. The van der Waals surface area contributed by atoms with Crippen LogP contribution >= 0.6 is 11.6 Å². The number of nitrogens with zero attached hydrogens (tertiary/aromatic N) is 2. The summed E-state index contributed by atoms with van der Waals surface area (Å²) in [7, 11) is 0. The van der Waals surface area contributed by atoms with Gasteiger partial charge in [0.2, 0.25) is 11.8 Å². The van der Waals surface area contributed by atoms with E-state index in [1.807, 2.05) is 0 Å². The molecule has 0 bridgehead atoms. The molecular weight excluding hydrogens is 280 g/mol. The van der Waals surface area contributed by atoms with Crippen LogP contribution in [0.5, 0.6) is 0 Å². The molecule has 1 saturated carbocycles. The third-order valence-corrected chi connectivity index (χ3v) is 3.26. The van der Waals surface area contributed by atoms with Gasteiger partial charge in [0.25, 0.3) is 0 Å². The van der Waals surface area contributed by atoms with Crippen molar-refractivity contribution in [2.24, 2.45) is 0 Å². The number of halogens is 1. The highest BCUT2D eigenvalue weighted by molar-refractivity contribution is 6.33. The molecule has 2 amide bonds. The fourth-order valence-electron chi connectivity index (χ4n) is 1.72. The Hall–Kier alpha value is -2.08. The number of anilines is 1. The third kappa shape index (κ3) is 3.08. The van der Waals surface area contributed by atoms with Crippen molar-refractivity contribution in [3.8, 4) is 0 Å². The Morgan fingerprint density at radius 1 is 1.35 bits per heavy atom. The van der Waals surface area contributed by atoms with Crippen LogP contribution in [0.3, 0.4) is 0 Å². The van der Waals surface area contributed by atoms with Gasteiger partial charge in [-0.2, -0.15) is 0 Å². The highest BCUT2D eigenvalue weighted by Gasteiger charge is 2.29. The minimum atomic E-state index is -0.371. The first-order chi connectivity index (χ1) is 9.72. The summed E-state index contributed by atoms with van der Waals surface area (Å²) in [6, 6.07) is 6.64. The zero-order valence-electron chi connectivity index (χ0n) is 10.6. The normalized spacial score (nSPS) is 14.1. The van der Waals surface area contributed by atoms with Crippen LogP contribution in [-0.2, 0) is 6.54 Å². The lowest BCUT2D eigenvalue weighted by molar-refractivity contribution is 0.250. The van der Waals surface area contributed by atoms with Crippen LogP contribution in [0.4, 0.5) is 10.5 Å². The molecule has 2 N–H and O–H groups in total. The van der Waals surface area contributed by atoms with Gasteiger partial charge in [-0.3, -0.25) is 0 Å². The molecule has 1 fully saturated rings. The van der Waals surface area contributed by atoms with E-state index in [-0.39, 0.29) is 12.6 Å². The fraction of sp³-hybridized carbons (Fsp3) is 0.308. The smallest absolute Gasteiger partial charge is 0.319 e. The Kier molecular flexibility index (Phi) is 3.56. The van der Waals surface area contributed by atoms with E-state index in [4.69, 9.17) is 16.0 Å². The van der Waals surface area contributed by atoms with E-state index in [0.29, 0.717) is 28.4 Å². The molecule has 0 aliphatic heterocycles. The number of carbonyl (C=O) groups excluding carboxylic acids is 1. The Morgan fingerprint density at radius 3 is 2.90 bits per heavy atom. The molecule has 0 atom stereocenters. The van der Waals surface area contributed by atoms with Crippen molar-refractivity contribution in [2.45, 2.75) is 25.3 Å². The number of hydrogen-bond donors (Lipinski definition) is 2. The van der Waals surface area contributed by atoms with Gasteiger partial charge in [0.1, 0.15) is 0 Å². The first-order valence-corrected chi connectivity index (χ1v) is 6.72. The van der Waals surface area contributed by atoms with Crippen LogP contribution in [0.2, 0.25) is 5.02 Å². The van der Waals surface area contributed by atoms with Gasteiger partial charge in [-0.25, -0.2) is 4.79 Å². The Morgan fingerprint density at radius 2 is 2.15 bits per heavy atom. The van der Waals surface area contributed by atoms with Gasteiger partial charge < -0.3 is 15.1 Å². The molecule has 104 valence electrons. The van der Waals surface area contributed by atoms with Gasteiger partial charge in [0.05, 0.1) is 17.3 Å². The average Bonchev–Trinajstić information content (AvgIpc) is 3.18. The van der Waals surface area contributed by atoms with E-state index in [1.54, 1.807) is 24.3 Å². The van der Waals surface area contributed by atoms with Crippen molar-refractivity contribution < 1.29 is 9.21 Å². The van der Waals surface area contributed by atoms with Crippen molar-refractivity contribution in [3.05, 3.63) is 41.1 Å². The van der Waals surface area contributed by atoms with Gasteiger partial charge in [-0.1, -0.05) is 23.7 Å². The molecule has 0 saturated heterocycles. The summed E-state index contributed by atoms with van der Waals surface area (Å²) in [6.45, 7) is 0.190. The number of amides is 2. The van der Waals surface area contributed by atoms with Gasteiger partial charge in [-0.15, -0.1) is 10.2 Å². The minimum Gasteiger partial charge on any atom is -0.423 e. The Balaban J connectivity index is 1.52. The SMILES string of the molecule is O=C(NCc1nnc(C2CC2)o1)Nc1ccccc1Cl. The van der Waals surface area contributed by atoms with E-state index in [1.165, 1.54) is 0 Å². The van der Waals surface area contributed by atoms with E-state index >= 15 is 0 Å². The second-order valence-corrected chi connectivity index (χ2v) is 5.00. The number of benzene rings is 1. The highest BCUT2D eigenvalue weighted by Crippen LogP contribution is 2.38. The summed E-state index contributed by atoms with van der Waals surface area (Å²) < 4.78 is 5.44. The fourth-order valence-corrected chi connectivity index (χ4v) is 1.90. The largest absolute Gasteiger partial charge is 0.423 e. The van der Waals surface area contributed by atoms with E-state index in [2.05, 4.69) is 20.8 Å². The number of para-hydroxylation sites is 1. The van der Waals surface area contributed by atoms with Crippen LogP contribution in [-0.4, -0.2) is 16.2 Å². The summed E-state index contributed by atoms with van der Waals surface area (Å²) in [5, 5.41) is 13.6. The van der Waals surface area contributed by atoms with Crippen molar-refractivity contribution in [1.29, 1.82) is 0 Å². The Labute approximate surface area is 120 Å². The number of carbonyl (C=O) groups is 1. The molecule has 7 heteroatoms. The second kappa shape index (κ2) is 5.50. The monoisotopic (exact) mass is 292 g/mol. The van der Waals surface area contributed by atoms with Crippen LogP contribution in [0.25, 0.3) is 0 Å². The van der Waals surface area contributed by atoms with Crippen molar-refractivity contribution >= 4 is 23.3 Å². The molecule has 1 aromatic heterocycles. The number of aromatic nitrogens is 2. The summed E-state index contributed by atoms with van der Waals surface area (Å²) >= 11 is 5.95.